The highest BCUT2D eigenvalue weighted by Gasteiger charge is 2.19. The second-order valence-electron chi connectivity index (χ2n) is 14.0. The summed E-state index contributed by atoms with van der Waals surface area (Å²) in [6.45, 7) is 0. The van der Waals surface area contributed by atoms with E-state index < -0.39 is 0 Å². The molecule has 0 aliphatic rings. The van der Waals surface area contributed by atoms with Gasteiger partial charge in [0.05, 0.1) is 0 Å². The third-order valence-corrected chi connectivity index (χ3v) is 10.7. The zero-order valence-electron chi connectivity index (χ0n) is 29.6. The lowest BCUT2D eigenvalue weighted by atomic mass is 9.92. The van der Waals surface area contributed by atoms with Gasteiger partial charge in [-0.2, -0.15) is 0 Å². The first-order chi connectivity index (χ1) is 27.2. The summed E-state index contributed by atoms with van der Waals surface area (Å²) < 4.78 is 6.46. The highest BCUT2D eigenvalue weighted by Crippen LogP contribution is 2.41. The summed E-state index contributed by atoms with van der Waals surface area (Å²) in [5.74, 6) is 1.81. The van der Waals surface area contributed by atoms with E-state index in [0.29, 0.717) is 17.5 Å². The second kappa shape index (κ2) is 12.6. The molecule has 55 heavy (non-hydrogen) atoms. The minimum absolute atomic E-state index is 0.584. The van der Waals surface area contributed by atoms with Gasteiger partial charge in [0.25, 0.3) is 0 Å². The Morgan fingerprint density at radius 2 is 0.727 bits per heavy atom. The third-order valence-electron chi connectivity index (χ3n) is 10.7. The maximum absolute atomic E-state index is 6.46. The van der Waals surface area contributed by atoms with Crippen LogP contribution in [0.2, 0.25) is 0 Å². The van der Waals surface area contributed by atoms with Crippen LogP contribution in [-0.2, 0) is 0 Å². The lowest BCUT2D eigenvalue weighted by Crippen LogP contribution is -2.00. The molecule has 256 valence electrons. The largest absolute Gasteiger partial charge is 0.456 e. The van der Waals surface area contributed by atoms with E-state index in [0.717, 1.165) is 60.9 Å². The number of nitrogens with zero attached hydrogens (tertiary/aromatic N) is 3. The lowest BCUT2D eigenvalue weighted by molar-refractivity contribution is 0.669. The predicted octanol–water partition coefficient (Wildman–Crippen LogP) is 13.6. The Hall–Kier alpha value is -7.43. The highest BCUT2D eigenvalue weighted by atomic mass is 16.3. The molecule has 11 rings (SSSR count). The van der Waals surface area contributed by atoms with Crippen molar-refractivity contribution in [3.8, 4) is 56.4 Å². The van der Waals surface area contributed by atoms with E-state index in [1.807, 2.05) is 48.5 Å². The zero-order chi connectivity index (χ0) is 36.3. The minimum atomic E-state index is 0.584. The highest BCUT2D eigenvalue weighted by molar-refractivity contribution is 6.25. The van der Waals surface area contributed by atoms with Crippen LogP contribution in [-0.4, -0.2) is 15.0 Å². The van der Waals surface area contributed by atoms with E-state index in [2.05, 4.69) is 140 Å². The summed E-state index contributed by atoms with van der Waals surface area (Å²) >= 11 is 0. The van der Waals surface area contributed by atoms with Crippen LogP contribution in [0.5, 0.6) is 0 Å². The third kappa shape index (κ3) is 5.26. The molecular weight excluding hydrogens is 671 g/mol. The zero-order valence-corrected chi connectivity index (χ0v) is 29.6. The van der Waals surface area contributed by atoms with Crippen LogP contribution < -0.4 is 0 Å². The monoisotopic (exact) mass is 701 g/mol. The molecule has 2 heterocycles. The number of aromatic nitrogens is 3. The number of benzene rings is 9. The second-order valence-corrected chi connectivity index (χ2v) is 14.0. The van der Waals surface area contributed by atoms with Crippen LogP contribution in [0, 0.1) is 0 Å². The SMILES string of the molecule is c1ccc(-c2nc(-c3ccc(-c4ccc5c6ccccc6c6ccccc6c5c4)cc3)nc(-c3cc(-c4ccccc4)c4c(c3)oc3ccccc34)n2)cc1. The number of hydrogen-bond acceptors (Lipinski definition) is 4. The molecule has 2 aromatic heterocycles. The molecule has 11 aromatic rings. The van der Waals surface area contributed by atoms with Gasteiger partial charge < -0.3 is 4.42 Å². The van der Waals surface area contributed by atoms with Crippen molar-refractivity contribution in [3.63, 3.8) is 0 Å². The number of furan rings is 1. The summed E-state index contributed by atoms with van der Waals surface area (Å²) in [6, 6.07) is 65.8. The molecule has 0 aliphatic carbocycles. The van der Waals surface area contributed by atoms with Gasteiger partial charge in [-0.25, -0.2) is 15.0 Å². The molecule has 0 unspecified atom stereocenters. The van der Waals surface area contributed by atoms with Crippen LogP contribution in [0.25, 0.3) is 111 Å². The van der Waals surface area contributed by atoms with Crippen LogP contribution in [0.15, 0.2) is 192 Å². The molecule has 0 spiro atoms. The van der Waals surface area contributed by atoms with E-state index in [1.165, 1.54) is 32.3 Å². The van der Waals surface area contributed by atoms with Gasteiger partial charge in [-0.15, -0.1) is 0 Å². The summed E-state index contributed by atoms with van der Waals surface area (Å²) in [5.41, 5.74) is 8.80. The first-order valence-corrected chi connectivity index (χ1v) is 18.5. The van der Waals surface area contributed by atoms with Crippen molar-refractivity contribution in [1.82, 2.24) is 15.0 Å². The molecule has 4 heteroatoms. The van der Waals surface area contributed by atoms with Gasteiger partial charge in [0.1, 0.15) is 11.2 Å². The summed E-state index contributed by atoms with van der Waals surface area (Å²) in [5, 5.41) is 9.76. The van der Waals surface area contributed by atoms with Crippen molar-refractivity contribution in [1.29, 1.82) is 0 Å². The molecule has 0 atom stereocenters. The van der Waals surface area contributed by atoms with Crippen LogP contribution >= 0.6 is 0 Å². The Morgan fingerprint density at radius 1 is 0.273 bits per heavy atom. The summed E-state index contributed by atoms with van der Waals surface area (Å²) in [7, 11) is 0. The Bertz CT molecular complexity index is 3210. The van der Waals surface area contributed by atoms with E-state index >= 15 is 0 Å². The van der Waals surface area contributed by atoms with Gasteiger partial charge in [-0.3, -0.25) is 0 Å². The van der Waals surface area contributed by atoms with Gasteiger partial charge in [0, 0.05) is 27.5 Å². The van der Waals surface area contributed by atoms with Crippen LogP contribution in [0.1, 0.15) is 0 Å². The van der Waals surface area contributed by atoms with Crippen molar-refractivity contribution in [3.05, 3.63) is 188 Å². The van der Waals surface area contributed by atoms with E-state index in [-0.39, 0.29) is 0 Å². The van der Waals surface area contributed by atoms with Crippen molar-refractivity contribution >= 4 is 54.3 Å². The average molecular weight is 702 g/mol. The molecule has 0 saturated heterocycles. The van der Waals surface area contributed by atoms with Crippen molar-refractivity contribution in [2.75, 3.05) is 0 Å². The molecule has 4 nitrogen and oxygen atoms in total. The van der Waals surface area contributed by atoms with Crippen molar-refractivity contribution in [2.45, 2.75) is 0 Å². The van der Waals surface area contributed by atoms with Crippen molar-refractivity contribution in [2.24, 2.45) is 0 Å². The Balaban J connectivity index is 1.05. The molecule has 0 fully saturated rings. The van der Waals surface area contributed by atoms with Gasteiger partial charge in [-0.1, -0.05) is 164 Å². The maximum atomic E-state index is 6.46. The molecule has 0 bridgehead atoms. The van der Waals surface area contributed by atoms with Gasteiger partial charge in [-0.05, 0) is 78.8 Å². The Kier molecular flexibility index (Phi) is 7.14. The number of hydrogen-bond donors (Lipinski definition) is 0. The Labute approximate surface area is 317 Å². The van der Waals surface area contributed by atoms with E-state index in [4.69, 9.17) is 19.4 Å². The first-order valence-electron chi connectivity index (χ1n) is 18.5. The minimum Gasteiger partial charge on any atom is -0.456 e. The molecule has 0 aliphatic heterocycles. The quantitative estimate of drug-likeness (QED) is 0.168. The molecule has 9 aromatic carbocycles. The van der Waals surface area contributed by atoms with E-state index in [9.17, 15) is 0 Å². The predicted molar refractivity (Wildman–Crippen MR) is 227 cm³/mol. The number of rotatable bonds is 5. The molecule has 0 amide bonds. The fraction of sp³-hybridized carbons (Fsp3) is 0. The maximum Gasteiger partial charge on any atom is 0.164 e. The van der Waals surface area contributed by atoms with Crippen molar-refractivity contribution < 1.29 is 4.42 Å². The molecular formula is C51H31N3O. The first kappa shape index (κ1) is 31.1. The standard InChI is InChI=1S/C51H31N3O/c1-3-13-33(14-4-1)44-30-37(31-47-48(44)43-21-11-12-22-46(43)55-47)51-53-49(34-15-5-2-6-16-34)52-50(54-51)35-25-23-32(24-26-35)36-27-28-42-40-19-8-7-17-38(40)39-18-9-10-20-41(39)45(42)29-36/h1-31H. The van der Waals surface area contributed by atoms with Gasteiger partial charge in [0.2, 0.25) is 0 Å². The fourth-order valence-corrected chi connectivity index (χ4v) is 8.08. The van der Waals surface area contributed by atoms with Crippen LogP contribution in [0.3, 0.4) is 0 Å². The van der Waals surface area contributed by atoms with Gasteiger partial charge in [0.15, 0.2) is 17.5 Å². The number of para-hydroxylation sites is 1. The van der Waals surface area contributed by atoms with Gasteiger partial charge >= 0.3 is 0 Å². The topological polar surface area (TPSA) is 51.8 Å². The fourth-order valence-electron chi connectivity index (χ4n) is 8.08. The average Bonchev–Trinajstić information content (AvgIpc) is 3.65. The van der Waals surface area contributed by atoms with E-state index in [1.54, 1.807) is 0 Å². The molecule has 0 radical (unpaired) electrons. The van der Waals surface area contributed by atoms with Crippen LogP contribution in [0.4, 0.5) is 0 Å². The Morgan fingerprint density at radius 3 is 1.36 bits per heavy atom. The smallest absolute Gasteiger partial charge is 0.164 e. The summed E-state index contributed by atoms with van der Waals surface area (Å²) in [4.78, 5) is 15.2. The molecule has 0 saturated carbocycles. The lowest BCUT2D eigenvalue weighted by Gasteiger charge is -2.12. The summed E-state index contributed by atoms with van der Waals surface area (Å²) in [6.07, 6.45) is 0. The normalized spacial score (nSPS) is 11.6. The number of fused-ring (bicyclic) bond motifs is 9. The molecule has 0 N–H and O–H groups in total.